The highest BCUT2D eigenvalue weighted by molar-refractivity contribution is 7.80. The van der Waals surface area contributed by atoms with Gasteiger partial charge in [0.2, 0.25) is 0 Å². The molecule has 0 atom stereocenters. The van der Waals surface area contributed by atoms with E-state index >= 15 is 0 Å². The van der Waals surface area contributed by atoms with Crippen LogP contribution in [0, 0.1) is 0 Å². The molecule has 0 aliphatic rings. The van der Waals surface area contributed by atoms with Crippen molar-refractivity contribution in [3.05, 3.63) is 30.1 Å². The molecular formula is C6H7N3S. The van der Waals surface area contributed by atoms with E-state index in [1.54, 1.807) is 18.5 Å². The normalized spacial score (nSPS) is 8.90. The fraction of sp³-hybridized carbons (Fsp3) is 0. The molecule has 0 aromatic carbocycles. The van der Waals surface area contributed by atoms with E-state index in [2.05, 4.69) is 10.4 Å². The Hall–Kier alpha value is -1.00. The summed E-state index contributed by atoms with van der Waals surface area (Å²) in [4.78, 5) is 4.38. The summed E-state index contributed by atoms with van der Waals surface area (Å²) < 4.78 is 0. The van der Waals surface area contributed by atoms with Crippen LogP contribution >= 0.6 is 12.2 Å². The Morgan fingerprint density at radius 1 is 1.70 bits per heavy atom. The van der Waals surface area contributed by atoms with Crippen molar-refractivity contribution in [2.24, 2.45) is 5.84 Å². The Kier molecular flexibility index (Phi) is 2.30. The maximum atomic E-state index is 5.09. The summed E-state index contributed by atoms with van der Waals surface area (Å²) in [6.07, 6.45) is 3.34. The Labute approximate surface area is 64.2 Å². The SMILES string of the molecule is NNC(=S)c1cccnc1. The third kappa shape index (κ3) is 1.49. The molecule has 0 saturated carbocycles. The number of hydrazine groups is 1. The lowest BCUT2D eigenvalue weighted by Gasteiger charge is -1.99. The smallest absolute Gasteiger partial charge is 0.122 e. The van der Waals surface area contributed by atoms with E-state index in [0.29, 0.717) is 4.99 Å². The number of hydrogen-bond donors (Lipinski definition) is 2. The molecule has 0 saturated heterocycles. The lowest BCUT2D eigenvalue weighted by molar-refractivity contribution is 1.05. The molecule has 1 aromatic rings. The molecule has 52 valence electrons. The molecule has 1 rings (SSSR count). The summed E-state index contributed by atoms with van der Waals surface area (Å²) in [6, 6.07) is 3.65. The topological polar surface area (TPSA) is 50.9 Å². The molecule has 4 heteroatoms. The second kappa shape index (κ2) is 3.24. The van der Waals surface area contributed by atoms with Crippen LogP contribution in [0.5, 0.6) is 0 Å². The first-order valence-corrected chi connectivity index (χ1v) is 3.16. The monoisotopic (exact) mass is 153 g/mol. The van der Waals surface area contributed by atoms with Crippen LogP contribution in [0.1, 0.15) is 5.56 Å². The van der Waals surface area contributed by atoms with Crippen molar-refractivity contribution in [2.45, 2.75) is 0 Å². The van der Waals surface area contributed by atoms with Gasteiger partial charge in [-0.1, -0.05) is 12.2 Å². The average Bonchev–Trinajstić information content (AvgIpc) is 2.05. The summed E-state index contributed by atoms with van der Waals surface area (Å²) in [6.45, 7) is 0. The molecule has 3 N–H and O–H groups in total. The minimum absolute atomic E-state index is 0.508. The second-order valence-electron chi connectivity index (χ2n) is 1.72. The highest BCUT2D eigenvalue weighted by atomic mass is 32.1. The third-order valence-corrected chi connectivity index (χ3v) is 1.41. The van der Waals surface area contributed by atoms with Gasteiger partial charge in [0.1, 0.15) is 4.99 Å². The largest absolute Gasteiger partial charge is 0.314 e. The van der Waals surface area contributed by atoms with E-state index in [4.69, 9.17) is 18.1 Å². The van der Waals surface area contributed by atoms with Crippen LogP contribution in [-0.4, -0.2) is 9.97 Å². The molecule has 10 heavy (non-hydrogen) atoms. The highest BCUT2D eigenvalue weighted by Gasteiger charge is 1.94. The number of aromatic nitrogens is 1. The fourth-order valence-corrected chi connectivity index (χ4v) is 0.701. The van der Waals surface area contributed by atoms with Crippen LogP contribution in [0.4, 0.5) is 0 Å². The Morgan fingerprint density at radius 2 is 2.50 bits per heavy atom. The van der Waals surface area contributed by atoms with Gasteiger partial charge in [0.25, 0.3) is 0 Å². The van der Waals surface area contributed by atoms with Crippen LogP contribution in [-0.2, 0) is 0 Å². The maximum Gasteiger partial charge on any atom is 0.122 e. The van der Waals surface area contributed by atoms with E-state index in [9.17, 15) is 0 Å². The molecule has 0 aliphatic carbocycles. The van der Waals surface area contributed by atoms with Gasteiger partial charge in [-0.3, -0.25) is 4.98 Å². The van der Waals surface area contributed by atoms with Gasteiger partial charge in [-0.05, 0) is 12.1 Å². The molecule has 0 spiro atoms. The molecule has 1 heterocycles. The second-order valence-corrected chi connectivity index (χ2v) is 2.12. The van der Waals surface area contributed by atoms with Gasteiger partial charge in [-0.2, -0.15) is 0 Å². The number of pyridine rings is 1. The third-order valence-electron chi connectivity index (χ3n) is 1.05. The van der Waals surface area contributed by atoms with Crippen LogP contribution in [0.3, 0.4) is 0 Å². The molecular weight excluding hydrogens is 146 g/mol. The summed E-state index contributed by atoms with van der Waals surface area (Å²) in [5.41, 5.74) is 3.21. The number of rotatable bonds is 1. The van der Waals surface area contributed by atoms with E-state index in [-0.39, 0.29) is 0 Å². The first-order valence-electron chi connectivity index (χ1n) is 2.75. The summed E-state index contributed by atoms with van der Waals surface area (Å²) in [5, 5.41) is 0. The van der Waals surface area contributed by atoms with E-state index in [1.165, 1.54) is 0 Å². The Morgan fingerprint density at radius 3 is 3.00 bits per heavy atom. The number of hydrogen-bond acceptors (Lipinski definition) is 3. The predicted molar refractivity (Wildman–Crippen MR) is 43.3 cm³/mol. The minimum atomic E-state index is 0.508. The van der Waals surface area contributed by atoms with E-state index in [1.807, 2.05) is 6.07 Å². The van der Waals surface area contributed by atoms with Crippen molar-refractivity contribution in [3.8, 4) is 0 Å². The van der Waals surface area contributed by atoms with Gasteiger partial charge in [-0.15, -0.1) is 0 Å². The highest BCUT2D eigenvalue weighted by Crippen LogP contribution is 1.94. The van der Waals surface area contributed by atoms with Crippen LogP contribution in [0.2, 0.25) is 0 Å². The Bertz CT molecular complexity index is 222. The van der Waals surface area contributed by atoms with Crippen molar-refractivity contribution in [3.63, 3.8) is 0 Å². The molecule has 0 radical (unpaired) electrons. The van der Waals surface area contributed by atoms with Crippen molar-refractivity contribution in [1.29, 1.82) is 0 Å². The maximum absolute atomic E-state index is 5.09. The average molecular weight is 153 g/mol. The standard InChI is InChI=1S/C6H7N3S/c7-9-6(10)5-2-1-3-8-4-5/h1-4H,7H2,(H,9,10). The van der Waals surface area contributed by atoms with E-state index < -0.39 is 0 Å². The van der Waals surface area contributed by atoms with Crippen molar-refractivity contribution >= 4 is 17.2 Å². The zero-order valence-corrected chi connectivity index (χ0v) is 6.06. The van der Waals surface area contributed by atoms with Gasteiger partial charge in [0, 0.05) is 18.0 Å². The van der Waals surface area contributed by atoms with Gasteiger partial charge in [0.05, 0.1) is 0 Å². The number of nitrogens with one attached hydrogen (secondary N) is 1. The molecule has 0 aliphatic heterocycles. The first kappa shape index (κ1) is 7.11. The minimum Gasteiger partial charge on any atom is -0.314 e. The molecule has 0 unspecified atom stereocenters. The number of thiocarbonyl (C=S) groups is 1. The van der Waals surface area contributed by atoms with Gasteiger partial charge in [0.15, 0.2) is 0 Å². The van der Waals surface area contributed by atoms with E-state index in [0.717, 1.165) is 5.56 Å². The van der Waals surface area contributed by atoms with Crippen LogP contribution < -0.4 is 11.3 Å². The summed E-state index contributed by atoms with van der Waals surface area (Å²) in [5.74, 6) is 5.09. The van der Waals surface area contributed by atoms with Gasteiger partial charge >= 0.3 is 0 Å². The quantitative estimate of drug-likeness (QED) is 0.344. The van der Waals surface area contributed by atoms with Crippen molar-refractivity contribution < 1.29 is 0 Å². The van der Waals surface area contributed by atoms with Crippen LogP contribution in [0.25, 0.3) is 0 Å². The number of nitrogens with two attached hydrogens (primary N) is 1. The van der Waals surface area contributed by atoms with Gasteiger partial charge in [-0.25, -0.2) is 5.84 Å². The Balaban J connectivity index is 2.85. The molecule has 1 aromatic heterocycles. The van der Waals surface area contributed by atoms with Gasteiger partial charge < -0.3 is 5.43 Å². The zero-order chi connectivity index (χ0) is 7.40. The lowest BCUT2D eigenvalue weighted by Crippen LogP contribution is -2.29. The number of nitrogens with zero attached hydrogens (tertiary/aromatic N) is 1. The van der Waals surface area contributed by atoms with Crippen molar-refractivity contribution in [2.75, 3.05) is 0 Å². The van der Waals surface area contributed by atoms with Crippen molar-refractivity contribution in [1.82, 2.24) is 10.4 Å². The molecule has 0 amide bonds. The summed E-state index contributed by atoms with van der Waals surface area (Å²) in [7, 11) is 0. The predicted octanol–water partition coefficient (Wildman–Crippen LogP) is 0.220. The fourth-order valence-electron chi connectivity index (χ4n) is 0.580. The first-order chi connectivity index (χ1) is 4.84. The molecule has 0 fully saturated rings. The summed E-state index contributed by atoms with van der Waals surface area (Å²) >= 11 is 4.85. The van der Waals surface area contributed by atoms with Crippen LogP contribution in [0.15, 0.2) is 24.5 Å². The molecule has 0 bridgehead atoms. The molecule has 3 nitrogen and oxygen atoms in total. The lowest BCUT2D eigenvalue weighted by atomic mass is 10.3. The zero-order valence-electron chi connectivity index (χ0n) is 5.24.